The Balaban J connectivity index is 1.47. The van der Waals surface area contributed by atoms with Gasteiger partial charge >= 0.3 is 0 Å². The van der Waals surface area contributed by atoms with Crippen LogP contribution in [0.4, 0.5) is 0 Å². The van der Waals surface area contributed by atoms with Gasteiger partial charge in [0.15, 0.2) is 12.1 Å². The summed E-state index contributed by atoms with van der Waals surface area (Å²) in [6.07, 6.45) is 11.0. The lowest BCUT2D eigenvalue weighted by molar-refractivity contribution is -0.257. The molecule has 2 saturated heterocycles. The molecule has 27 heavy (non-hydrogen) atoms. The number of ether oxygens (including phenoxy) is 4. The third kappa shape index (κ3) is 5.43. The standard InChI is InChI=1S/C21H38O6/c1-2-3-4-5-6-7-11-14-24-18-17(16(23)15-22)25-20-19(18)26-21(27-20)12-9-8-10-13-21/h16-20,22-23H,2-15H2,1H3/t16-,17-,18+,19-,20-/m1/s1. The highest BCUT2D eigenvalue weighted by Crippen LogP contribution is 2.46. The van der Waals surface area contributed by atoms with Gasteiger partial charge in [0.05, 0.1) is 6.61 Å². The van der Waals surface area contributed by atoms with Crippen molar-refractivity contribution in [3.8, 4) is 0 Å². The Kier molecular flexibility index (Phi) is 8.36. The molecule has 2 N–H and O–H groups in total. The summed E-state index contributed by atoms with van der Waals surface area (Å²) in [7, 11) is 0. The third-order valence-electron chi connectivity index (χ3n) is 6.13. The van der Waals surface area contributed by atoms with E-state index in [4.69, 9.17) is 18.9 Å². The lowest BCUT2D eigenvalue weighted by Crippen LogP contribution is -2.45. The zero-order valence-corrected chi connectivity index (χ0v) is 16.8. The first-order valence-electron chi connectivity index (χ1n) is 11.1. The van der Waals surface area contributed by atoms with E-state index in [0.29, 0.717) is 6.61 Å². The van der Waals surface area contributed by atoms with Crippen molar-refractivity contribution in [3.63, 3.8) is 0 Å². The van der Waals surface area contributed by atoms with Crippen molar-refractivity contribution in [2.24, 2.45) is 0 Å². The summed E-state index contributed by atoms with van der Waals surface area (Å²) in [5, 5.41) is 19.5. The van der Waals surface area contributed by atoms with Gasteiger partial charge in [0, 0.05) is 19.4 Å². The Morgan fingerprint density at radius 2 is 1.70 bits per heavy atom. The van der Waals surface area contributed by atoms with Gasteiger partial charge in [-0.2, -0.15) is 0 Å². The molecule has 5 atom stereocenters. The molecule has 6 nitrogen and oxygen atoms in total. The number of fused-ring (bicyclic) bond motifs is 1. The fourth-order valence-electron chi connectivity index (χ4n) is 4.56. The molecule has 3 aliphatic rings. The first-order valence-corrected chi connectivity index (χ1v) is 11.1. The zero-order chi connectivity index (χ0) is 19.1. The van der Waals surface area contributed by atoms with Crippen molar-refractivity contribution >= 4 is 0 Å². The van der Waals surface area contributed by atoms with Crippen LogP contribution in [0.3, 0.4) is 0 Å². The van der Waals surface area contributed by atoms with E-state index in [9.17, 15) is 10.2 Å². The molecule has 158 valence electrons. The molecule has 2 aliphatic heterocycles. The molecule has 0 aromatic rings. The summed E-state index contributed by atoms with van der Waals surface area (Å²) in [6, 6.07) is 0. The van der Waals surface area contributed by atoms with Crippen LogP contribution in [-0.4, -0.2) is 59.9 Å². The monoisotopic (exact) mass is 386 g/mol. The van der Waals surface area contributed by atoms with E-state index < -0.39 is 30.4 Å². The first kappa shape index (κ1) is 21.5. The third-order valence-corrected chi connectivity index (χ3v) is 6.13. The fraction of sp³-hybridized carbons (Fsp3) is 1.00. The van der Waals surface area contributed by atoms with Crippen LogP contribution >= 0.6 is 0 Å². The second-order valence-electron chi connectivity index (χ2n) is 8.35. The van der Waals surface area contributed by atoms with E-state index >= 15 is 0 Å². The van der Waals surface area contributed by atoms with Crippen LogP contribution in [0.15, 0.2) is 0 Å². The summed E-state index contributed by atoms with van der Waals surface area (Å²) in [4.78, 5) is 0. The maximum atomic E-state index is 10.1. The maximum absolute atomic E-state index is 10.1. The fourth-order valence-corrected chi connectivity index (χ4v) is 4.56. The minimum Gasteiger partial charge on any atom is -0.394 e. The normalized spacial score (nSPS) is 33.4. The number of rotatable bonds is 11. The SMILES string of the molecule is CCCCCCCCCO[C@@H]1[C@H]2OC3(CCCCC3)O[C@H]2O[C@@H]1[C@H](O)CO. The minimum atomic E-state index is -0.982. The predicted molar refractivity (Wildman–Crippen MR) is 101 cm³/mol. The summed E-state index contributed by atoms with van der Waals surface area (Å²) in [6.45, 7) is 2.50. The lowest BCUT2D eigenvalue weighted by atomic mass is 9.94. The second-order valence-corrected chi connectivity index (χ2v) is 8.35. The van der Waals surface area contributed by atoms with Crippen LogP contribution in [0.25, 0.3) is 0 Å². The number of aliphatic hydroxyl groups excluding tert-OH is 2. The molecule has 3 rings (SSSR count). The molecule has 0 amide bonds. The quantitative estimate of drug-likeness (QED) is 0.531. The van der Waals surface area contributed by atoms with Crippen molar-refractivity contribution in [3.05, 3.63) is 0 Å². The van der Waals surface area contributed by atoms with Gasteiger partial charge in [-0.25, -0.2) is 0 Å². The Hall–Kier alpha value is -0.240. The Morgan fingerprint density at radius 1 is 1.00 bits per heavy atom. The number of aliphatic hydroxyl groups is 2. The van der Waals surface area contributed by atoms with E-state index in [1.165, 1.54) is 38.5 Å². The maximum Gasteiger partial charge on any atom is 0.190 e. The van der Waals surface area contributed by atoms with Gasteiger partial charge in [-0.05, 0) is 19.3 Å². The molecule has 0 unspecified atom stereocenters. The van der Waals surface area contributed by atoms with Gasteiger partial charge in [0.25, 0.3) is 0 Å². The van der Waals surface area contributed by atoms with Crippen LogP contribution in [0.1, 0.15) is 84.0 Å². The molecule has 3 fully saturated rings. The topological polar surface area (TPSA) is 77.4 Å². The van der Waals surface area contributed by atoms with Crippen molar-refractivity contribution in [2.75, 3.05) is 13.2 Å². The van der Waals surface area contributed by atoms with Crippen LogP contribution in [0, 0.1) is 0 Å². The second kappa shape index (κ2) is 10.5. The van der Waals surface area contributed by atoms with Gasteiger partial charge < -0.3 is 29.2 Å². The van der Waals surface area contributed by atoms with Crippen molar-refractivity contribution in [2.45, 2.75) is 120 Å². The Morgan fingerprint density at radius 3 is 2.41 bits per heavy atom. The molecule has 0 bridgehead atoms. The van der Waals surface area contributed by atoms with E-state index in [0.717, 1.165) is 38.5 Å². The molecule has 1 spiro atoms. The Labute approximate surface area is 163 Å². The van der Waals surface area contributed by atoms with Crippen LogP contribution in [-0.2, 0) is 18.9 Å². The molecular weight excluding hydrogens is 348 g/mol. The van der Waals surface area contributed by atoms with Crippen molar-refractivity contribution < 1.29 is 29.2 Å². The van der Waals surface area contributed by atoms with Crippen LogP contribution < -0.4 is 0 Å². The van der Waals surface area contributed by atoms with Crippen LogP contribution in [0.5, 0.6) is 0 Å². The highest BCUT2D eigenvalue weighted by Gasteiger charge is 2.59. The van der Waals surface area contributed by atoms with Crippen molar-refractivity contribution in [1.29, 1.82) is 0 Å². The highest BCUT2D eigenvalue weighted by atomic mass is 16.8. The first-order chi connectivity index (χ1) is 13.2. The molecule has 1 saturated carbocycles. The van der Waals surface area contributed by atoms with Gasteiger partial charge in [-0.1, -0.05) is 51.9 Å². The average molecular weight is 387 g/mol. The zero-order valence-electron chi connectivity index (χ0n) is 16.8. The largest absolute Gasteiger partial charge is 0.394 e. The van der Waals surface area contributed by atoms with Gasteiger partial charge in [-0.3, -0.25) is 0 Å². The number of unbranched alkanes of at least 4 members (excludes halogenated alkanes) is 6. The summed E-state index contributed by atoms with van der Waals surface area (Å²) >= 11 is 0. The molecule has 0 aromatic carbocycles. The van der Waals surface area contributed by atoms with Crippen molar-refractivity contribution in [1.82, 2.24) is 0 Å². The molecule has 1 aliphatic carbocycles. The van der Waals surface area contributed by atoms with Crippen LogP contribution in [0.2, 0.25) is 0 Å². The average Bonchev–Trinajstić information content (AvgIpc) is 3.18. The lowest BCUT2D eigenvalue weighted by Gasteiger charge is -2.34. The summed E-state index contributed by atoms with van der Waals surface area (Å²) in [5.41, 5.74) is 0. The molecule has 0 aromatic heterocycles. The summed E-state index contributed by atoms with van der Waals surface area (Å²) in [5.74, 6) is -0.538. The van der Waals surface area contributed by atoms with E-state index in [2.05, 4.69) is 6.92 Å². The minimum absolute atomic E-state index is 0.321. The smallest absolute Gasteiger partial charge is 0.190 e. The predicted octanol–water partition coefficient (Wildman–Crippen LogP) is 3.28. The highest BCUT2D eigenvalue weighted by molar-refractivity contribution is 4.98. The number of hydrogen-bond acceptors (Lipinski definition) is 6. The summed E-state index contributed by atoms with van der Waals surface area (Å²) < 4.78 is 24.5. The van der Waals surface area contributed by atoms with Gasteiger partial charge in [0.1, 0.15) is 24.4 Å². The molecular formula is C21H38O6. The van der Waals surface area contributed by atoms with E-state index in [-0.39, 0.29) is 12.7 Å². The van der Waals surface area contributed by atoms with E-state index in [1.807, 2.05) is 0 Å². The molecule has 6 heteroatoms. The molecule has 0 radical (unpaired) electrons. The van der Waals surface area contributed by atoms with Gasteiger partial charge in [-0.15, -0.1) is 0 Å². The van der Waals surface area contributed by atoms with E-state index in [1.54, 1.807) is 0 Å². The molecule has 2 heterocycles. The Bertz CT molecular complexity index is 425. The van der Waals surface area contributed by atoms with Gasteiger partial charge in [0.2, 0.25) is 0 Å². The number of hydrogen-bond donors (Lipinski definition) is 2.